The van der Waals surface area contributed by atoms with Crippen LogP contribution in [0.4, 0.5) is 5.82 Å². The van der Waals surface area contributed by atoms with Crippen LogP contribution in [0.2, 0.25) is 0 Å². The maximum atomic E-state index is 9.30. The molecule has 1 N–H and O–H groups in total. The number of aryl methyl sites for hydroxylation is 1. The van der Waals surface area contributed by atoms with Crippen LogP contribution in [0.15, 0.2) is 36.7 Å². The number of anilines is 1. The van der Waals surface area contributed by atoms with Crippen molar-refractivity contribution in [3.8, 4) is 0 Å². The first kappa shape index (κ1) is 13.5. The molecule has 0 saturated heterocycles. The second-order valence-corrected chi connectivity index (χ2v) is 4.55. The second kappa shape index (κ2) is 6.29. The lowest BCUT2D eigenvalue weighted by molar-refractivity contribution is 0.281. The Morgan fingerprint density at radius 2 is 1.89 bits per heavy atom. The number of hydrogen-bond donors (Lipinski definition) is 1. The van der Waals surface area contributed by atoms with Crippen molar-refractivity contribution in [2.45, 2.75) is 26.5 Å². The monoisotopic (exact) mass is 257 g/mol. The zero-order chi connectivity index (χ0) is 13.7. The molecule has 0 unspecified atom stereocenters. The molecule has 0 radical (unpaired) electrons. The molecule has 2 heterocycles. The number of aromatic nitrogens is 2. The third kappa shape index (κ3) is 3.51. The molecule has 100 valence electrons. The molecule has 2 aromatic heterocycles. The fraction of sp³-hybridized carbons (Fsp3) is 0.333. The van der Waals surface area contributed by atoms with Crippen LogP contribution in [0.25, 0.3) is 0 Å². The summed E-state index contributed by atoms with van der Waals surface area (Å²) in [6, 6.07) is 7.87. The summed E-state index contributed by atoms with van der Waals surface area (Å²) in [5.41, 5.74) is 3.10. The number of rotatable bonds is 5. The van der Waals surface area contributed by atoms with E-state index in [2.05, 4.69) is 21.8 Å². The van der Waals surface area contributed by atoms with Gasteiger partial charge in [0.1, 0.15) is 5.82 Å². The minimum atomic E-state index is 0.0472. The summed E-state index contributed by atoms with van der Waals surface area (Å²) in [7, 11) is 2.00. The maximum Gasteiger partial charge on any atom is 0.129 e. The minimum Gasteiger partial charge on any atom is -0.392 e. The van der Waals surface area contributed by atoms with Gasteiger partial charge in [0, 0.05) is 31.7 Å². The van der Waals surface area contributed by atoms with E-state index < -0.39 is 0 Å². The van der Waals surface area contributed by atoms with Gasteiger partial charge in [0.25, 0.3) is 0 Å². The fourth-order valence-corrected chi connectivity index (χ4v) is 1.94. The summed E-state index contributed by atoms with van der Waals surface area (Å²) in [5.74, 6) is 0.889. The van der Waals surface area contributed by atoms with Crippen LogP contribution in [0.3, 0.4) is 0 Å². The quantitative estimate of drug-likeness (QED) is 0.892. The third-order valence-corrected chi connectivity index (χ3v) is 3.03. The Morgan fingerprint density at radius 1 is 1.16 bits per heavy atom. The minimum absolute atomic E-state index is 0.0472. The SMILES string of the molecule is CCc1cc(CO)cc(N(C)Cc2ccncc2)n1. The molecule has 0 aliphatic heterocycles. The predicted octanol–water partition coefficient (Wildman–Crippen LogP) is 2.17. The molecule has 0 spiro atoms. The molecule has 0 aliphatic rings. The highest BCUT2D eigenvalue weighted by Gasteiger charge is 2.07. The second-order valence-electron chi connectivity index (χ2n) is 4.55. The normalized spacial score (nSPS) is 10.5. The van der Waals surface area contributed by atoms with Crippen molar-refractivity contribution in [3.63, 3.8) is 0 Å². The summed E-state index contributed by atoms with van der Waals surface area (Å²) in [6.45, 7) is 2.88. The molecular formula is C15H19N3O. The smallest absolute Gasteiger partial charge is 0.129 e. The zero-order valence-electron chi connectivity index (χ0n) is 11.4. The Hall–Kier alpha value is -1.94. The number of hydrogen-bond acceptors (Lipinski definition) is 4. The standard InChI is InChI=1S/C15H19N3O/c1-3-14-8-13(11-19)9-15(17-14)18(2)10-12-4-6-16-7-5-12/h4-9,19H,3,10-11H2,1-2H3. The average molecular weight is 257 g/mol. The summed E-state index contributed by atoms with van der Waals surface area (Å²) in [4.78, 5) is 10.7. The van der Waals surface area contributed by atoms with Gasteiger partial charge in [0.15, 0.2) is 0 Å². The van der Waals surface area contributed by atoms with Crippen LogP contribution in [0.1, 0.15) is 23.7 Å². The molecule has 0 aromatic carbocycles. The van der Waals surface area contributed by atoms with Gasteiger partial charge in [-0.05, 0) is 41.8 Å². The topological polar surface area (TPSA) is 49.2 Å². The molecule has 0 amide bonds. The van der Waals surface area contributed by atoms with Crippen molar-refractivity contribution < 1.29 is 5.11 Å². The molecule has 0 saturated carbocycles. The van der Waals surface area contributed by atoms with E-state index in [4.69, 9.17) is 0 Å². The Bertz CT molecular complexity index is 506. The van der Waals surface area contributed by atoms with E-state index in [-0.39, 0.29) is 6.61 Å². The van der Waals surface area contributed by atoms with Gasteiger partial charge in [0.05, 0.1) is 6.61 Å². The number of pyridine rings is 2. The van der Waals surface area contributed by atoms with E-state index in [1.807, 2.05) is 31.3 Å². The van der Waals surface area contributed by atoms with Gasteiger partial charge in [-0.3, -0.25) is 4.98 Å². The number of nitrogens with zero attached hydrogens (tertiary/aromatic N) is 3. The van der Waals surface area contributed by atoms with Crippen LogP contribution >= 0.6 is 0 Å². The van der Waals surface area contributed by atoms with Crippen molar-refractivity contribution in [1.82, 2.24) is 9.97 Å². The van der Waals surface area contributed by atoms with Crippen LogP contribution in [0.5, 0.6) is 0 Å². The third-order valence-electron chi connectivity index (χ3n) is 3.03. The molecule has 4 heteroatoms. The Balaban J connectivity index is 2.20. The highest BCUT2D eigenvalue weighted by Crippen LogP contribution is 2.16. The molecule has 19 heavy (non-hydrogen) atoms. The fourth-order valence-electron chi connectivity index (χ4n) is 1.94. The van der Waals surface area contributed by atoms with E-state index in [9.17, 15) is 5.11 Å². The number of aliphatic hydroxyl groups excluding tert-OH is 1. The highest BCUT2D eigenvalue weighted by molar-refractivity contribution is 5.42. The molecule has 4 nitrogen and oxygen atoms in total. The first-order valence-corrected chi connectivity index (χ1v) is 6.43. The van der Waals surface area contributed by atoms with Gasteiger partial charge < -0.3 is 10.0 Å². The Kier molecular flexibility index (Phi) is 4.47. The molecule has 0 atom stereocenters. The predicted molar refractivity (Wildman–Crippen MR) is 75.9 cm³/mol. The summed E-state index contributed by atoms with van der Waals surface area (Å²) in [6.07, 6.45) is 4.44. The zero-order valence-corrected chi connectivity index (χ0v) is 11.4. The largest absolute Gasteiger partial charge is 0.392 e. The lowest BCUT2D eigenvalue weighted by Crippen LogP contribution is -2.18. The van der Waals surface area contributed by atoms with Gasteiger partial charge in [-0.1, -0.05) is 6.92 Å². The van der Waals surface area contributed by atoms with E-state index in [0.29, 0.717) is 0 Å². The van der Waals surface area contributed by atoms with Gasteiger partial charge in [-0.15, -0.1) is 0 Å². The van der Waals surface area contributed by atoms with Gasteiger partial charge in [-0.25, -0.2) is 4.98 Å². The van der Waals surface area contributed by atoms with Crippen molar-refractivity contribution in [2.75, 3.05) is 11.9 Å². The maximum absolute atomic E-state index is 9.30. The van der Waals surface area contributed by atoms with Gasteiger partial charge in [-0.2, -0.15) is 0 Å². The van der Waals surface area contributed by atoms with Gasteiger partial charge in [0.2, 0.25) is 0 Å². The summed E-state index contributed by atoms with van der Waals surface area (Å²) < 4.78 is 0. The van der Waals surface area contributed by atoms with Crippen LogP contribution in [-0.4, -0.2) is 22.1 Å². The molecule has 2 rings (SSSR count). The molecule has 0 aliphatic carbocycles. The lowest BCUT2D eigenvalue weighted by atomic mass is 10.2. The molecule has 0 fully saturated rings. The van der Waals surface area contributed by atoms with E-state index in [1.165, 1.54) is 5.56 Å². The van der Waals surface area contributed by atoms with Crippen LogP contribution < -0.4 is 4.90 Å². The first-order chi connectivity index (χ1) is 9.22. The highest BCUT2D eigenvalue weighted by atomic mass is 16.3. The Labute approximate surface area is 113 Å². The summed E-state index contributed by atoms with van der Waals surface area (Å²) in [5, 5.41) is 9.30. The Morgan fingerprint density at radius 3 is 2.53 bits per heavy atom. The van der Waals surface area contributed by atoms with Crippen LogP contribution in [0, 0.1) is 0 Å². The lowest BCUT2D eigenvalue weighted by Gasteiger charge is -2.19. The average Bonchev–Trinajstić information content (AvgIpc) is 2.47. The van der Waals surface area contributed by atoms with Crippen molar-refractivity contribution in [3.05, 3.63) is 53.5 Å². The van der Waals surface area contributed by atoms with E-state index >= 15 is 0 Å². The molecule has 0 bridgehead atoms. The number of aliphatic hydroxyl groups is 1. The van der Waals surface area contributed by atoms with Crippen molar-refractivity contribution in [1.29, 1.82) is 0 Å². The van der Waals surface area contributed by atoms with E-state index in [1.54, 1.807) is 12.4 Å². The van der Waals surface area contributed by atoms with E-state index in [0.717, 1.165) is 30.0 Å². The first-order valence-electron chi connectivity index (χ1n) is 6.43. The van der Waals surface area contributed by atoms with Gasteiger partial charge >= 0.3 is 0 Å². The summed E-state index contributed by atoms with van der Waals surface area (Å²) >= 11 is 0. The van der Waals surface area contributed by atoms with Crippen molar-refractivity contribution >= 4 is 5.82 Å². The van der Waals surface area contributed by atoms with Crippen molar-refractivity contribution in [2.24, 2.45) is 0 Å². The van der Waals surface area contributed by atoms with Crippen LogP contribution in [-0.2, 0) is 19.6 Å². The molecule has 2 aromatic rings. The molecular weight excluding hydrogens is 238 g/mol.